The molecule has 1 aliphatic rings. The second-order valence-electron chi connectivity index (χ2n) is 6.30. The second-order valence-corrected chi connectivity index (χ2v) is 6.30. The van der Waals surface area contributed by atoms with Crippen LogP contribution in [0.2, 0.25) is 0 Å². The maximum Gasteiger partial charge on any atom is 0.270 e. The number of H-pyrrole nitrogens is 1. The normalized spacial score (nSPS) is 18.0. The number of ketones is 1. The first-order valence-electron chi connectivity index (χ1n) is 8.60. The van der Waals surface area contributed by atoms with Crippen LogP contribution in [-0.2, 0) is 17.8 Å². The fourth-order valence-corrected chi connectivity index (χ4v) is 3.39. The van der Waals surface area contributed by atoms with Crippen molar-refractivity contribution in [3.8, 4) is 5.75 Å². The highest BCUT2D eigenvalue weighted by Gasteiger charge is 2.29. The van der Waals surface area contributed by atoms with Crippen molar-refractivity contribution < 1.29 is 9.53 Å². The summed E-state index contributed by atoms with van der Waals surface area (Å²) in [5, 5.41) is 0. The molecular weight excluding hydrogens is 318 g/mol. The van der Waals surface area contributed by atoms with Crippen molar-refractivity contribution in [2.45, 2.75) is 38.3 Å². The molecule has 1 atom stereocenters. The first-order valence-corrected chi connectivity index (χ1v) is 8.60. The van der Waals surface area contributed by atoms with E-state index in [-0.39, 0.29) is 17.4 Å². The second kappa shape index (κ2) is 8.07. The summed E-state index contributed by atoms with van der Waals surface area (Å²) in [4.78, 5) is 33.7. The van der Waals surface area contributed by atoms with Crippen LogP contribution in [0.4, 0.5) is 0 Å². The Balaban J connectivity index is 1.75. The van der Waals surface area contributed by atoms with Crippen molar-refractivity contribution in [2.75, 3.05) is 13.7 Å². The molecule has 1 unspecified atom stereocenters. The molecule has 6 nitrogen and oxygen atoms in total. The molecule has 2 heterocycles. The van der Waals surface area contributed by atoms with Gasteiger partial charge in [-0.15, -0.1) is 0 Å². The maximum absolute atomic E-state index is 12.9. The van der Waals surface area contributed by atoms with Crippen molar-refractivity contribution in [3.05, 3.63) is 58.3 Å². The van der Waals surface area contributed by atoms with E-state index < -0.39 is 0 Å². The third kappa shape index (κ3) is 4.14. The van der Waals surface area contributed by atoms with Crippen molar-refractivity contribution in [3.63, 3.8) is 0 Å². The molecule has 6 heteroatoms. The van der Waals surface area contributed by atoms with E-state index in [1.54, 1.807) is 13.3 Å². The van der Waals surface area contributed by atoms with E-state index in [1.807, 2.05) is 24.3 Å². The van der Waals surface area contributed by atoms with Gasteiger partial charge >= 0.3 is 0 Å². The van der Waals surface area contributed by atoms with Crippen molar-refractivity contribution in [1.82, 2.24) is 14.9 Å². The number of benzene rings is 1. The standard InChI is InChI=1S/C19H23N3O3/c1-25-18-8-3-2-6-14(18)12-17(23)16-7-4-5-11-22(16)13-15-19(24)21-10-9-20-15/h2-3,6,8-10,16H,4-5,7,11-13H2,1H3,(H,21,24). The number of hydrogen-bond donors (Lipinski definition) is 1. The van der Waals surface area contributed by atoms with Crippen LogP contribution < -0.4 is 10.3 Å². The van der Waals surface area contributed by atoms with Crippen LogP contribution in [0.15, 0.2) is 41.5 Å². The summed E-state index contributed by atoms with van der Waals surface area (Å²) in [5.74, 6) is 0.899. The van der Waals surface area contributed by atoms with E-state index in [9.17, 15) is 9.59 Å². The van der Waals surface area contributed by atoms with Crippen LogP contribution in [0.5, 0.6) is 5.75 Å². The lowest BCUT2D eigenvalue weighted by Crippen LogP contribution is -2.45. The molecule has 132 valence electrons. The lowest BCUT2D eigenvalue weighted by molar-refractivity contribution is -0.125. The molecule has 2 aromatic rings. The fraction of sp³-hybridized carbons (Fsp3) is 0.421. The molecule has 0 aliphatic carbocycles. The number of aromatic amines is 1. The van der Waals surface area contributed by atoms with Gasteiger partial charge in [0.25, 0.3) is 5.56 Å². The molecule has 25 heavy (non-hydrogen) atoms. The first-order chi connectivity index (χ1) is 12.2. The average molecular weight is 341 g/mol. The maximum atomic E-state index is 12.9. The van der Waals surface area contributed by atoms with Gasteiger partial charge in [-0.05, 0) is 25.5 Å². The Morgan fingerprint density at radius 3 is 3.00 bits per heavy atom. The molecule has 1 aromatic heterocycles. The van der Waals surface area contributed by atoms with Gasteiger partial charge in [-0.25, -0.2) is 0 Å². The van der Waals surface area contributed by atoms with E-state index in [4.69, 9.17) is 4.74 Å². The molecule has 1 aromatic carbocycles. The number of ether oxygens (including phenoxy) is 1. The molecule has 0 saturated carbocycles. The zero-order valence-corrected chi connectivity index (χ0v) is 14.4. The molecule has 0 spiro atoms. The van der Waals surface area contributed by atoms with Crippen molar-refractivity contribution in [2.24, 2.45) is 0 Å². The number of nitrogens with one attached hydrogen (secondary N) is 1. The van der Waals surface area contributed by atoms with E-state index in [0.29, 0.717) is 18.7 Å². The van der Waals surface area contributed by atoms with Crippen molar-refractivity contribution in [1.29, 1.82) is 0 Å². The molecule has 0 amide bonds. The monoisotopic (exact) mass is 341 g/mol. The number of nitrogens with zero attached hydrogens (tertiary/aromatic N) is 2. The van der Waals surface area contributed by atoms with E-state index >= 15 is 0 Å². The van der Waals surface area contributed by atoms with Gasteiger partial charge in [0, 0.05) is 30.9 Å². The number of hydrogen-bond acceptors (Lipinski definition) is 5. The highest BCUT2D eigenvalue weighted by Crippen LogP contribution is 2.23. The molecule has 1 N–H and O–H groups in total. The highest BCUT2D eigenvalue weighted by atomic mass is 16.5. The SMILES string of the molecule is COc1ccccc1CC(=O)C1CCCCN1Cc1ncc[nH]c1=O. The zero-order chi connectivity index (χ0) is 17.6. The number of para-hydroxylation sites is 1. The molecule has 0 bridgehead atoms. The summed E-state index contributed by atoms with van der Waals surface area (Å²) in [7, 11) is 1.61. The van der Waals surface area contributed by atoms with Gasteiger partial charge in [-0.1, -0.05) is 24.6 Å². The number of Topliss-reactive ketones (excluding diaryl/α,β-unsaturated/α-hetero) is 1. The predicted octanol–water partition coefficient (Wildman–Crippen LogP) is 1.94. The van der Waals surface area contributed by atoms with Gasteiger partial charge < -0.3 is 9.72 Å². The van der Waals surface area contributed by atoms with Crippen LogP contribution in [0, 0.1) is 0 Å². The fourth-order valence-electron chi connectivity index (χ4n) is 3.39. The number of likely N-dealkylation sites (tertiary alicyclic amines) is 1. The number of carbonyl (C=O) groups is 1. The molecule has 1 saturated heterocycles. The minimum Gasteiger partial charge on any atom is -0.496 e. The molecule has 1 aliphatic heterocycles. The lowest BCUT2D eigenvalue weighted by Gasteiger charge is -2.34. The first kappa shape index (κ1) is 17.4. The van der Waals surface area contributed by atoms with E-state index in [2.05, 4.69) is 14.9 Å². The Labute approximate surface area is 146 Å². The molecular formula is C19H23N3O3. The molecule has 3 rings (SSSR count). The summed E-state index contributed by atoms with van der Waals surface area (Å²) in [5.41, 5.74) is 1.17. The Hall–Kier alpha value is -2.47. The third-order valence-electron chi connectivity index (χ3n) is 4.68. The van der Waals surface area contributed by atoms with Gasteiger partial charge in [0.2, 0.25) is 0 Å². The number of rotatable bonds is 6. The van der Waals surface area contributed by atoms with Gasteiger partial charge in [0.1, 0.15) is 11.4 Å². The minimum atomic E-state index is -0.191. The zero-order valence-electron chi connectivity index (χ0n) is 14.4. The highest BCUT2D eigenvalue weighted by molar-refractivity contribution is 5.86. The van der Waals surface area contributed by atoms with Crippen LogP contribution >= 0.6 is 0 Å². The predicted molar refractivity (Wildman–Crippen MR) is 94.6 cm³/mol. The quantitative estimate of drug-likeness (QED) is 0.869. The summed E-state index contributed by atoms with van der Waals surface area (Å²) >= 11 is 0. The summed E-state index contributed by atoms with van der Waals surface area (Å²) in [6.45, 7) is 1.21. The minimum absolute atomic E-state index is 0.163. The average Bonchev–Trinajstić information content (AvgIpc) is 2.64. The Morgan fingerprint density at radius 1 is 1.36 bits per heavy atom. The largest absolute Gasteiger partial charge is 0.496 e. The van der Waals surface area contributed by atoms with E-state index in [1.165, 1.54) is 6.20 Å². The van der Waals surface area contributed by atoms with E-state index in [0.717, 1.165) is 37.1 Å². The van der Waals surface area contributed by atoms with Gasteiger partial charge in [-0.2, -0.15) is 0 Å². The Bertz CT molecular complexity index is 787. The number of piperidine rings is 1. The summed E-state index contributed by atoms with van der Waals surface area (Å²) in [6.07, 6.45) is 6.31. The van der Waals surface area contributed by atoms with Crippen LogP contribution in [0.3, 0.4) is 0 Å². The number of carbonyl (C=O) groups excluding carboxylic acids is 1. The van der Waals surface area contributed by atoms with Crippen molar-refractivity contribution >= 4 is 5.78 Å². The smallest absolute Gasteiger partial charge is 0.270 e. The van der Waals surface area contributed by atoms with Gasteiger partial charge in [-0.3, -0.25) is 19.5 Å². The number of methoxy groups -OCH3 is 1. The summed E-state index contributed by atoms with van der Waals surface area (Å²) < 4.78 is 5.35. The number of aromatic nitrogens is 2. The summed E-state index contributed by atoms with van der Waals surface area (Å²) in [6, 6.07) is 7.42. The topological polar surface area (TPSA) is 75.3 Å². The Morgan fingerprint density at radius 2 is 2.20 bits per heavy atom. The van der Waals surface area contributed by atoms with Crippen LogP contribution in [0.25, 0.3) is 0 Å². The van der Waals surface area contributed by atoms with Crippen LogP contribution in [-0.4, -0.2) is 40.3 Å². The molecule has 0 radical (unpaired) electrons. The van der Waals surface area contributed by atoms with Gasteiger partial charge in [0.15, 0.2) is 5.78 Å². The third-order valence-corrected chi connectivity index (χ3v) is 4.68. The Kier molecular flexibility index (Phi) is 5.60. The van der Waals surface area contributed by atoms with Crippen LogP contribution in [0.1, 0.15) is 30.5 Å². The van der Waals surface area contributed by atoms with Gasteiger partial charge in [0.05, 0.1) is 13.2 Å². The molecule has 1 fully saturated rings. The lowest BCUT2D eigenvalue weighted by atomic mass is 9.94.